The predicted octanol–water partition coefficient (Wildman–Crippen LogP) is 3.29. The van der Waals surface area contributed by atoms with E-state index in [0.29, 0.717) is 12.0 Å². The van der Waals surface area contributed by atoms with Gasteiger partial charge in [0, 0.05) is 41.6 Å². The molecule has 3 aromatic rings. The van der Waals surface area contributed by atoms with Crippen molar-refractivity contribution in [1.29, 1.82) is 0 Å². The predicted molar refractivity (Wildman–Crippen MR) is 90.3 cm³/mol. The second kappa shape index (κ2) is 5.72. The minimum atomic E-state index is 0.576. The molecular formula is C17H18N6. The molecule has 6 heteroatoms. The molecule has 2 N–H and O–H groups in total. The molecule has 0 radical (unpaired) electrons. The van der Waals surface area contributed by atoms with E-state index >= 15 is 0 Å². The van der Waals surface area contributed by atoms with Crippen molar-refractivity contribution in [3.63, 3.8) is 0 Å². The lowest BCUT2D eigenvalue weighted by atomic mass is 10.3. The van der Waals surface area contributed by atoms with Crippen molar-refractivity contribution >= 4 is 17.5 Å². The highest BCUT2D eigenvalue weighted by atomic mass is 15.2. The van der Waals surface area contributed by atoms with Crippen LogP contribution in [0.3, 0.4) is 0 Å². The molecule has 1 saturated carbocycles. The van der Waals surface area contributed by atoms with Crippen LogP contribution >= 0.6 is 0 Å². The molecule has 23 heavy (non-hydrogen) atoms. The summed E-state index contributed by atoms with van der Waals surface area (Å²) in [4.78, 5) is 13.0. The summed E-state index contributed by atoms with van der Waals surface area (Å²) in [5.74, 6) is 1.50. The van der Waals surface area contributed by atoms with Crippen molar-refractivity contribution in [2.24, 2.45) is 0 Å². The molecule has 0 spiro atoms. The van der Waals surface area contributed by atoms with Crippen LogP contribution in [0.4, 0.5) is 17.5 Å². The van der Waals surface area contributed by atoms with Crippen LogP contribution in [0.2, 0.25) is 0 Å². The Morgan fingerprint density at radius 2 is 1.96 bits per heavy atom. The monoisotopic (exact) mass is 306 g/mol. The highest BCUT2D eigenvalue weighted by Crippen LogP contribution is 2.25. The Bertz CT molecular complexity index is 790. The highest BCUT2D eigenvalue weighted by molar-refractivity contribution is 5.57. The number of anilines is 3. The third-order valence-corrected chi connectivity index (χ3v) is 3.71. The van der Waals surface area contributed by atoms with Gasteiger partial charge in [0.25, 0.3) is 0 Å². The fourth-order valence-electron chi connectivity index (χ4n) is 2.39. The normalized spacial score (nSPS) is 13.8. The van der Waals surface area contributed by atoms with E-state index in [2.05, 4.69) is 25.6 Å². The number of rotatable bonds is 5. The van der Waals surface area contributed by atoms with E-state index in [9.17, 15) is 0 Å². The summed E-state index contributed by atoms with van der Waals surface area (Å²) >= 11 is 0. The minimum absolute atomic E-state index is 0.576. The maximum Gasteiger partial charge on any atom is 0.229 e. The summed E-state index contributed by atoms with van der Waals surface area (Å²) in [5.41, 5.74) is 2.96. The number of hydrogen-bond donors (Lipinski definition) is 2. The number of nitrogens with zero attached hydrogens (tertiary/aromatic N) is 4. The van der Waals surface area contributed by atoms with E-state index in [-0.39, 0.29) is 0 Å². The number of aromatic nitrogens is 4. The van der Waals surface area contributed by atoms with Crippen LogP contribution < -0.4 is 10.6 Å². The Kier molecular flexibility index (Phi) is 3.42. The molecule has 0 amide bonds. The molecular weight excluding hydrogens is 288 g/mol. The number of imidazole rings is 1. The van der Waals surface area contributed by atoms with E-state index < -0.39 is 0 Å². The molecule has 0 atom stereocenters. The van der Waals surface area contributed by atoms with Gasteiger partial charge in [0.2, 0.25) is 5.95 Å². The van der Waals surface area contributed by atoms with Crippen LogP contribution in [0.15, 0.2) is 49.1 Å². The maximum atomic E-state index is 4.53. The fourth-order valence-corrected chi connectivity index (χ4v) is 2.39. The summed E-state index contributed by atoms with van der Waals surface area (Å²) in [6, 6.07) is 10.6. The molecule has 0 saturated heterocycles. The number of hydrogen-bond acceptors (Lipinski definition) is 5. The summed E-state index contributed by atoms with van der Waals surface area (Å²) < 4.78 is 1.96. The van der Waals surface area contributed by atoms with Gasteiger partial charge in [0.15, 0.2) is 0 Å². The maximum absolute atomic E-state index is 4.53. The molecule has 2 aromatic heterocycles. The van der Waals surface area contributed by atoms with Crippen LogP contribution in [-0.4, -0.2) is 25.6 Å². The summed E-state index contributed by atoms with van der Waals surface area (Å²) in [7, 11) is 0. The van der Waals surface area contributed by atoms with Crippen molar-refractivity contribution in [3.05, 3.63) is 54.7 Å². The zero-order chi connectivity index (χ0) is 15.6. The first-order chi connectivity index (χ1) is 11.3. The lowest BCUT2D eigenvalue weighted by Gasteiger charge is -2.10. The summed E-state index contributed by atoms with van der Waals surface area (Å²) in [5, 5.41) is 6.67. The summed E-state index contributed by atoms with van der Waals surface area (Å²) in [6.07, 6.45) is 7.91. The largest absolute Gasteiger partial charge is 0.367 e. The Morgan fingerprint density at radius 1 is 1.13 bits per heavy atom. The third kappa shape index (κ3) is 3.31. The van der Waals surface area contributed by atoms with Crippen LogP contribution in [0, 0.1) is 6.92 Å². The summed E-state index contributed by atoms with van der Waals surface area (Å²) in [6.45, 7) is 1.98. The average Bonchev–Trinajstić information content (AvgIpc) is 3.17. The SMILES string of the molecule is Cc1cc(NC2CC2)nc(Nc2ccc(-n3ccnc3)cc2)n1. The first kappa shape index (κ1) is 13.8. The van der Waals surface area contributed by atoms with Gasteiger partial charge in [-0.3, -0.25) is 0 Å². The van der Waals surface area contributed by atoms with Gasteiger partial charge in [0.1, 0.15) is 5.82 Å². The Hall–Kier alpha value is -2.89. The van der Waals surface area contributed by atoms with Crippen LogP contribution in [-0.2, 0) is 0 Å². The lowest BCUT2D eigenvalue weighted by Crippen LogP contribution is -2.06. The van der Waals surface area contributed by atoms with Gasteiger partial charge >= 0.3 is 0 Å². The molecule has 1 aliphatic carbocycles. The first-order valence-corrected chi connectivity index (χ1v) is 7.74. The second-order valence-corrected chi connectivity index (χ2v) is 5.78. The van der Waals surface area contributed by atoms with Crippen LogP contribution in [0.25, 0.3) is 5.69 Å². The molecule has 1 aliphatic rings. The Morgan fingerprint density at radius 3 is 2.65 bits per heavy atom. The van der Waals surface area contributed by atoms with Crippen molar-refractivity contribution < 1.29 is 0 Å². The van der Waals surface area contributed by atoms with E-state index in [1.165, 1.54) is 12.8 Å². The number of nitrogens with one attached hydrogen (secondary N) is 2. The number of aryl methyl sites for hydroxylation is 1. The Balaban J connectivity index is 1.52. The van der Waals surface area contributed by atoms with Crippen molar-refractivity contribution in [2.75, 3.05) is 10.6 Å². The highest BCUT2D eigenvalue weighted by Gasteiger charge is 2.21. The van der Waals surface area contributed by atoms with Crippen LogP contribution in [0.1, 0.15) is 18.5 Å². The van der Waals surface area contributed by atoms with E-state index in [4.69, 9.17) is 0 Å². The quantitative estimate of drug-likeness (QED) is 0.757. The fraction of sp³-hybridized carbons (Fsp3) is 0.235. The Labute approximate surface area is 134 Å². The van der Waals surface area contributed by atoms with Crippen molar-refractivity contribution in [3.8, 4) is 5.69 Å². The topological polar surface area (TPSA) is 67.7 Å². The lowest BCUT2D eigenvalue weighted by molar-refractivity contribution is 1.05. The zero-order valence-corrected chi connectivity index (χ0v) is 12.9. The minimum Gasteiger partial charge on any atom is -0.367 e. The van der Waals surface area contributed by atoms with E-state index in [0.717, 1.165) is 22.9 Å². The van der Waals surface area contributed by atoms with Gasteiger partial charge < -0.3 is 15.2 Å². The van der Waals surface area contributed by atoms with E-state index in [1.54, 1.807) is 12.5 Å². The smallest absolute Gasteiger partial charge is 0.229 e. The van der Waals surface area contributed by atoms with Crippen molar-refractivity contribution in [1.82, 2.24) is 19.5 Å². The third-order valence-electron chi connectivity index (χ3n) is 3.71. The average molecular weight is 306 g/mol. The molecule has 0 aliphatic heterocycles. The zero-order valence-electron chi connectivity index (χ0n) is 12.9. The number of benzene rings is 1. The first-order valence-electron chi connectivity index (χ1n) is 7.74. The molecule has 0 bridgehead atoms. The van der Waals surface area contributed by atoms with Gasteiger partial charge in [-0.05, 0) is 44.0 Å². The van der Waals surface area contributed by atoms with Gasteiger partial charge in [-0.25, -0.2) is 9.97 Å². The van der Waals surface area contributed by atoms with Crippen molar-refractivity contribution in [2.45, 2.75) is 25.8 Å². The van der Waals surface area contributed by atoms with Gasteiger partial charge in [-0.2, -0.15) is 4.98 Å². The molecule has 1 fully saturated rings. The molecule has 6 nitrogen and oxygen atoms in total. The van der Waals surface area contributed by atoms with Crippen LogP contribution in [0.5, 0.6) is 0 Å². The second-order valence-electron chi connectivity index (χ2n) is 5.78. The molecule has 4 rings (SSSR count). The van der Waals surface area contributed by atoms with E-state index in [1.807, 2.05) is 48.0 Å². The standard InChI is InChI=1S/C17H18N6/c1-12-10-16(20-13-2-3-13)22-17(19-12)21-14-4-6-15(7-5-14)23-9-8-18-11-23/h4-11,13H,2-3H2,1H3,(H2,19,20,21,22). The van der Waals surface area contributed by atoms with Gasteiger partial charge in [0.05, 0.1) is 6.33 Å². The molecule has 0 unspecified atom stereocenters. The van der Waals surface area contributed by atoms with Gasteiger partial charge in [-0.15, -0.1) is 0 Å². The van der Waals surface area contributed by atoms with Gasteiger partial charge in [-0.1, -0.05) is 0 Å². The molecule has 2 heterocycles. The molecule has 116 valence electrons. The molecule has 1 aromatic carbocycles.